The van der Waals surface area contributed by atoms with E-state index in [1.54, 1.807) is 0 Å². The molecule has 0 radical (unpaired) electrons. The van der Waals surface area contributed by atoms with Gasteiger partial charge in [0, 0.05) is 5.56 Å². The molecule has 0 fully saturated rings. The molecule has 0 aliphatic carbocycles. The molecule has 0 saturated heterocycles. The van der Waals surface area contributed by atoms with Crippen LogP contribution in [0.3, 0.4) is 0 Å². The Balaban J connectivity index is 0.000000158. The second-order valence-corrected chi connectivity index (χ2v) is 41.6. The number of ketones is 1. The Morgan fingerprint density at radius 3 is 1.11 bits per heavy atom. The predicted molar refractivity (Wildman–Crippen MR) is 545 cm³/mol. The molecule has 122 heavy (non-hydrogen) atoms. The van der Waals surface area contributed by atoms with Crippen LogP contribution in [-0.4, -0.2) is 11.7 Å². The van der Waals surface area contributed by atoms with E-state index < -0.39 is 0 Å². The molecule has 0 N–H and O–H groups in total. The van der Waals surface area contributed by atoms with Crippen molar-refractivity contribution in [1.82, 2.24) is 0 Å². The number of carbonyl (C=O) groups excluding carboxylic acids is 1. The van der Waals surface area contributed by atoms with Gasteiger partial charge in [-0.2, -0.15) is 0 Å². The van der Waals surface area contributed by atoms with Gasteiger partial charge >= 0.3 is 0 Å². The first kappa shape index (κ1) is 95.4. The fraction of sp³-hybridized carbons (Fsp3) is 0.325. The van der Waals surface area contributed by atoms with Crippen molar-refractivity contribution in [2.75, 3.05) is 5.88 Å². The first-order valence-electron chi connectivity index (χ1n) is 44.1. The molecule has 0 spiro atoms. The van der Waals surface area contributed by atoms with Crippen LogP contribution in [0.5, 0.6) is 0 Å². The SMILES string of the molecule is CC(C)c1c(C(=O)CCl)ccc2ccccc12.Cc1c(C(C)(C)C)ccc2ccccc12.Cc1cc(C(C)(C)C)cc2ccccc12.Cc1cc2ccccc2cc1C(C)(C)C.Cc1ccc2cc(C(C)(C)C)ccc2c1.Cc1ccc2ccc(C(C)(C)C)cc2c1.Cc1cccc2cc(C(C)(C)C)ccc12.Cc1cccc2ccc(C(C)(C)C)cc12. The van der Waals surface area contributed by atoms with Crippen LogP contribution in [0.1, 0.15) is 259 Å². The first-order valence-corrected chi connectivity index (χ1v) is 44.7. The molecule has 0 aliphatic heterocycles. The van der Waals surface area contributed by atoms with E-state index in [2.05, 4.69) is 475 Å². The standard InChI is InChI=1S/C15H15ClO.7C15H18/c1-10(2)15-12-6-4-3-5-11(12)7-8-13(15)14(17)9-16;1-11-5-6-13-10-14(15(2,3)4)8-7-12(13)9-11;1-11-5-6-12-7-8-14(15(2,3)4)10-13(12)9-11;1-11-6-5-7-12-10-13(15(2,3)4)8-9-14(11)12;1-11-6-5-7-12-8-9-13(10-14(11)12)15(2,3)4;1-11-9-13(15(2,3)4)10-12-7-5-6-8-14(11)12;1-11-9-12-7-5-6-8-13(12)10-14(11)15(2,3)4;1-11-13-8-6-5-7-12(13)9-10-14(11)15(2,3)4/h3-8,10H,9H2,1-2H3;7*5-10H,1-4H3. The molecule has 16 rings (SSSR count). The lowest BCUT2D eigenvalue weighted by atomic mass is 9.82. The van der Waals surface area contributed by atoms with E-state index in [9.17, 15) is 4.79 Å². The lowest BCUT2D eigenvalue weighted by Crippen LogP contribution is -2.12. The Hall–Kier alpha value is -10.4. The Morgan fingerprint density at radius 1 is 0.246 bits per heavy atom. The molecule has 0 saturated carbocycles. The summed E-state index contributed by atoms with van der Waals surface area (Å²) in [7, 11) is 0. The largest absolute Gasteiger partial charge is 0.293 e. The number of carbonyl (C=O) groups is 1. The summed E-state index contributed by atoms with van der Waals surface area (Å²) in [6.45, 7) is 66.9. The maximum absolute atomic E-state index is 11.9. The number of hydrogen-bond donors (Lipinski definition) is 0. The fourth-order valence-electron chi connectivity index (χ4n) is 16.0. The average Bonchev–Trinajstić information content (AvgIpc) is 0.771. The fourth-order valence-corrected chi connectivity index (χ4v) is 16.2. The number of aryl methyl sites for hydroxylation is 7. The summed E-state index contributed by atoms with van der Waals surface area (Å²) in [4.78, 5) is 11.9. The minimum Gasteiger partial charge on any atom is -0.293 e. The number of Topliss-reactive ketones (excluding diaryl/α,β-unsaturated/α-hetero) is 1. The van der Waals surface area contributed by atoms with Crippen LogP contribution >= 0.6 is 11.6 Å². The first-order chi connectivity index (χ1) is 57.0. The van der Waals surface area contributed by atoms with E-state index in [4.69, 9.17) is 11.6 Å². The number of benzene rings is 16. The minimum atomic E-state index is 0.00104. The molecule has 0 unspecified atom stereocenters. The Bertz CT molecular complexity index is 6200. The highest BCUT2D eigenvalue weighted by molar-refractivity contribution is 6.31. The number of alkyl halides is 1. The average molecular weight is 1630 g/mol. The molecule has 634 valence electrons. The highest BCUT2D eigenvalue weighted by Gasteiger charge is 2.22. The van der Waals surface area contributed by atoms with Crippen molar-refractivity contribution < 1.29 is 4.79 Å². The van der Waals surface area contributed by atoms with Gasteiger partial charge < -0.3 is 0 Å². The summed E-state index contributed by atoms with van der Waals surface area (Å²) >= 11 is 5.66. The van der Waals surface area contributed by atoms with Crippen LogP contribution in [0.25, 0.3) is 86.2 Å². The van der Waals surface area contributed by atoms with E-state index >= 15 is 0 Å². The topological polar surface area (TPSA) is 17.1 Å². The summed E-state index contributed by atoms with van der Waals surface area (Å²) in [6, 6.07) is 105. The molecule has 16 aromatic rings. The Kier molecular flexibility index (Phi) is 31.1. The minimum absolute atomic E-state index is 0.00104. The molecule has 16 aromatic carbocycles. The van der Waals surface area contributed by atoms with Crippen molar-refractivity contribution in [3.05, 3.63) is 380 Å². The lowest BCUT2D eigenvalue weighted by molar-refractivity contribution is 0.102. The molecule has 1 nitrogen and oxygen atoms in total. The van der Waals surface area contributed by atoms with E-state index in [0.29, 0.717) is 5.92 Å². The molecular formula is C120H141ClO. The molecule has 0 aromatic heterocycles. The van der Waals surface area contributed by atoms with Gasteiger partial charge in [0.05, 0.1) is 5.88 Å². The van der Waals surface area contributed by atoms with Gasteiger partial charge in [-0.25, -0.2) is 0 Å². The molecular weight excluding hydrogens is 1490 g/mol. The third-order valence-corrected chi connectivity index (χ3v) is 23.7. The second-order valence-electron chi connectivity index (χ2n) is 41.3. The second kappa shape index (κ2) is 39.8. The third kappa shape index (κ3) is 25.4. The lowest BCUT2D eigenvalue weighted by Gasteiger charge is -2.22. The van der Waals surface area contributed by atoms with Crippen LogP contribution in [0.15, 0.2) is 291 Å². The van der Waals surface area contributed by atoms with Gasteiger partial charge in [-0.05, 0) is 251 Å². The molecule has 0 aliphatic rings. The molecule has 0 amide bonds. The molecule has 2 heteroatoms. The van der Waals surface area contributed by atoms with Gasteiger partial charge in [-0.3, -0.25) is 4.79 Å². The van der Waals surface area contributed by atoms with Crippen molar-refractivity contribution in [1.29, 1.82) is 0 Å². The van der Waals surface area contributed by atoms with Crippen molar-refractivity contribution in [2.45, 2.75) is 252 Å². The van der Waals surface area contributed by atoms with Gasteiger partial charge in [0.2, 0.25) is 0 Å². The zero-order valence-corrected chi connectivity index (χ0v) is 80.5. The Morgan fingerprint density at radius 2 is 0.590 bits per heavy atom. The van der Waals surface area contributed by atoms with Crippen molar-refractivity contribution in [2.24, 2.45) is 0 Å². The van der Waals surface area contributed by atoms with Gasteiger partial charge in [-0.1, -0.05) is 462 Å². The van der Waals surface area contributed by atoms with Crippen LogP contribution in [0.4, 0.5) is 0 Å². The summed E-state index contributed by atoms with van der Waals surface area (Å²) < 4.78 is 0. The normalized spacial score (nSPS) is 11.9. The van der Waals surface area contributed by atoms with Crippen molar-refractivity contribution in [3.8, 4) is 0 Å². The van der Waals surface area contributed by atoms with Gasteiger partial charge in [0.1, 0.15) is 0 Å². The van der Waals surface area contributed by atoms with Gasteiger partial charge in [-0.15, -0.1) is 11.6 Å². The maximum atomic E-state index is 11.9. The zero-order valence-electron chi connectivity index (χ0n) is 79.8. The number of fused-ring (bicyclic) bond motifs is 8. The zero-order chi connectivity index (χ0) is 89.8. The number of rotatable bonds is 3. The molecule has 0 atom stereocenters. The highest BCUT2D eigenvalue weighted by atomic mass is 35.5. The Labute approximate surface area is 740 Å². The summed E-state index contributed by atoms with van der Waals surface area (Å²) in [5.74, 6) is 0.349. The monoisotopic (exact) mass is 1630 g/mol. The molecule has 0 heterocycles. The predicted octanol–water partition coefficient (Wildman–Crippen LogP) is 35.5. The van der Waals surface area contributed by atoms with Crippen LogP contribution in [0, 0.1) is 48.5 Å². The van der Waals surface area contributed by atoms with Crippen LogP contribution in [0.2, 0.25) is 0 Å². The smallest absolute Gasteiger partial charge is 0.177 e. The van der Waals surface area contributed by atoms with Crippen molar-refractivity contribution in [3.63, 3.8) is 0 Å². The van der Waals surface area contributed by atoms with Crippen molar-refractivity contribution >= 4 is 104 Å². The van der Waals surface area contributed by atoms with E-state index in [0.717, 1.165) is 16.5 Å². The quantitative estimate of drug-likeness (QED) is 0.127. The summed E-state index contributed by atoms with van der Waals surface area (Å²) in [6.07, 6.45) is 0. The van der Waals surface area contributed by atoms with Gasteiger partial charge in [0.15, 0.2) is 5.78 Å². The highest BCUT2D eigenvalue weighted by Crippen LogP contribution is 2.37. The number of halogens is 1. The maximum Gasteiger partial charge on any atom is 0.177 e. The summed E-state index contributed by atoms with van der Waals surface area (Å²) in [5.41, 5.74) is 23.0. The van der Waals surface area contributed by atoms with E-state index in [1.165, 1.54) is 159 Å². The van der Waals surface area contributed by atoms with Gasteiger partial charge in [0.25, 0.3) is 0 Å². The molecule has 0 bridgehead atoms. The number of hydrogen-bond acceptors (Lipinski definition) is 1. The summed E-state index contributed by atoms with van der Waals surface area (Å²) in [5, 5.41) is 21.2. The van der Waals surface area contributed by atoms with Crippen LogP contribution in [-0.2, 0) is 37.9 Å². The van der Waals surface area contributed by atoms with E-state index in [-0.39, 0.29) is 49.6 Å². The van der Waals surface area contributed by atoms with Crippen LogP contribution < -0.4 is 0 Å². The van der Waals surface area contributed by atoms with E-state index in [1.807, 2.05) is 24.3 Å². The third-order valence-electron chi connectivity index (χ3n) is 23.5.